The second-order valence-electron chi connectivity index (χ2n) is 5.22. The first-order valence-electron chi connectivity index (χ1n) is 7.57. The van der Waals surface area contributed by atoms with Crippen LogP contribution in [0.3, 0.4) is 0 Å². The summed E-state index contributed by atoms with van der Waals surface area (Å²) in [7, 11) is 3.05. The summed E-state index contributed by atoms with van der Waals surface area (Å²) in [6, 6.07) is 10.1. The van der Waals surface area contributed by atoms with Gasteiger partial charge in [0.05, 0.1) is 20.4 Å². The number of halogens is 1. The summed E-state index contributed by atoms with van der Waals surface area (Å²) in [5.41, 5.74) is 4.01. The van der Waals surface area contributed by atoms with Crippen LogP contribution in [0, 0.1) is 6.92 Å². The lowest BCUT2D eigenvalue weighted by atomic mass is 10.2. The lowest BCUT2D eigenvalue weighted by Gasteiger charge is -2.08. The first-order valence-corrected chi connectivity index (χ1v) is 7.95. The summed E-state index contributed by atoms with van der Waals surface area (Å²) in [5.74, 6) is -0.622. The number of hydrogen-bond acceptors (Lipinski definition) is 5. The fraction of sp³-hybridized carbons (Fsp3) is 0.167. The van der Waals surface area contributed by atoms with Crippen molar-refractivity contribution >= 4 is 35.3 Å². The number of ether oxygens (including phenoxy) is 2. The van der Waals surface area contributed by atoms with Crippen LogP contribution in [0.4, 0.5) is 5.69 Å². The molecular formula is C18H18ClN3O4. The molecule has 0 atom stereocenters. The van der Waals surface area contributed by atoms with Crippen molar-refractivity contribution in [1.29, 1.82) is 0 Å². The van der Waals surface area contributed by atoms with Crippen molar-refractivity contribution < 1.29 is 19.1 Å². The maximum Gasteiger partial charge on any atom is 0.329 e. The quantitative estimate of drug-likeness (QED) is 0.477. The van der Waals surface area contributed by atoms with Gasteiger partial charge in [-0.25, -0.2) is 5.43 Å². The van der Waals surface area contributed by atoms with E-state index < -0.39 is 11.8 Å². The summed E-state index contributed by atoms with van der Waals surface area (Å²) < 4.78 is 10.3. The van der Waals surface area contributed by atoms with Gasteiger partial charge in [0, 0.05) is 22.3 Å². The van der Waals surface area contributed by atoms with Crippen LogP contribution in [-0.4, -0.2) is 32.2 Å². The Bertz CT molecular complexity index is 852. The number of rotatable bonds is 5. The van der Waals surface area contributed by atoms with Gasteiger partial charge in [0.25, 0.3) is 0 Å². The number of aryl methyl sites for hydroxylation is 1. The molecule has 0 aromatic heterocycles. The maximum absolute atomic E-state index is 11.9. The summed E-state index contributed by atoms with van der Waals surface area (Å²) in [6.45, 7) is 1.79. The van der Waals surface area contributed by atoms with Crippen LogP contribution in [0.25, 0.3) is 0 Å². The second kappa shape index (κ2) is 8.87. The number of amides is 2. The number of nitrogens with one attached hydrogen (secondary N) is 2. The molecule has 0 aliphatic heterocycles. The third-order valence-electron chi connectivity index (χ3n) is 3.46. The minimum atomic E-state index is -0.909. The molecule has 0 saturated carbocycles. The molecule has 8 heteroatoms. The normalized spacial score (nSPS) is 10.5. The van der Waals surface area contributed by atoms with Gasteiger partial charge >= 0.3 is 11.8 Å². The van der Waals surface area contributed by atoms with Gasteiger partial charge < -0.3 is 14.8 Å². The number of hydrogen-bond donors (Lipinski definition) is 2. The zero-order chi connectivity index (χ0) is 19.1. The van der Waals surface area contributed by atoms with Crippen LogP contribution >= 0.6 is 11.6 Å². The van der Waals surface area contributed by atoms with E-state index in [1.54, 1.807) is 50.4 Å². The minimum Gasteiger partial charge on any atom is -0.497 e. The van der Waals surface area contributed by atoms with E-state index >= 15 is 0 Å². The Labute approximate surface area is 155 Å². The molecule has 0 saturated heterocycles. The van der Waals surface area contributed by atoms with Crippen LogP contribution in [0.1, 0.15) is 11.1 Å². The van der Waals surface area contributed by atoms with E-state index in [1.807, 2.05) is 0 Å². The van der Waals surface area contributed by atoms with Gasteiger partial charge in [0.2, 0.25) is 0 Å². The first-order chi connectivity index (χ1) is 12.4. The Kier molecular flexibility index (Phi) is 6.57. The van der Waals surface area contributed by atoms with Gasteiger partial charge in [-0.1, -0.05) is 17.7 Å². The molecule has 0 spiro atoms. The SMILES string of the molecule is COc1ccc(/C=N\NC(=O)C(=O)Nc2cc(Cl)ccc2C)c(OC)c1. The largest absolute Gasteiger partial charge is 0.497 e. The summed E-state index contributed by atoms with van der Waals surface area (Å²) in [5, 5.41) is 6.72. The van der Waals surface area contributed by atoms with Crippen molar-refractivity contribution in [3.05, 3.63) is 52.5 Å². The second-order valence-corrected chi connectivity index (χ2v) is 5.66. The van der Waals surface area contributed by atoms with Gasteiger partial charge in [-0.3, -0.25) is 9.59 Å². The zero-order valence-corrected chi connectivity index (χ0v) is 15.3. The van der Waals surface area contributed by atoms with E-state index in [0.717, 1.165) is 5.56 Å². The highest BCUT2D eigenvalue weighted by Gasteiger charge is 2.14. The first kappa shape index (κ1) is 19.3. The summed E-state index contributed by atoms with van der Waals surface area (Å²) in [6.07, 6.45) is 1.37. The van der Waals surface area contributed by atoms with E-state index in [1.165, 1.54) is 13.3 Å². The molecule has 2 aromatic carbocycles. The number of anilines is 1. The van der Waals surface area contributed by atoms with E-state index in [2.05, 4.69) is 15.8 Å². The van der Waals surface area contributed by atoms with Gasteiger partial charge in [-0.05, 0) is 36.8 Å². The lowest BCUT2D eigenvalue weighted by Crippen LogP contribution is -2.32. The van der Waals surface area contributed by atoms with E-state index in [4.69, 9.17) is 21.1 Å². The molecule has 0 heterocycles. The highest BCUT2D eigenvalue weighted by atomic mass is 35.5. The Morgan fingerprint density at radius 1 is 1.08 bits per heavy atom. The molecule has 0 fully saturated rings. The van der Waals surface area contributed by atoms with E-state index in [0.29, 0.717) is 27.8 Å². The topological polar surface area (TPSA) is 89.0 Å². The van der Waals surface area contributed by atoms with Crippen molar-refractivity contribution in [2.24, 2.45) is 5.10 Å². The molecule has 0 unspecified atom stereocenters. The predicted molar refractivity (Wildman–Crippen MR) is 100 cm³/mol. The minimum absolute atomic E-state index is 0.455. The van der Waals surface area contributed by atoms with Crippen molar-refractivity contribution in [3.63, 3.8) is 0 Å². The fourth-order valence-electron chi connectivity index (χ4n) is 2.04. The van der Waals surface area contributed by atoms with Crippen LogP contribution in [-0.2, 0) is 9.59 Å². The van der Waals surface area contributed by atoms with Gasteiger partial charge in [-0.2, -0.15) is 5.10 Å². The Balaban J connectivity index is 2.00. The molecule has 0 radical (unpaired) electrons. The molecule has 136 valence electrons. The number of methoxy groups -OCH3 is 2. The molecule has 2 N–H and O–H groups in total. The summed E-state index contributed by atoms with van der Waals surface area (Å²) in [4.78, 5) is 23.8. The van der Waals surface area contributed by atoms with Gasteiger partial charge in [-0.15, -0.1) is 0 Å². The molecule has 26 heavy (non-hydrogen) atoms. The van der Waals surface area contributed by atoms with Crippen LogP contribution in [0.5, 0.6) is 11.5 Å². The highest BCUT2D eigenvalue weighted by molar-refractivity contribution is 6.40. The Hall–Kier alpha value is -3.06. The highest BCUT2D eigenvalue weighted by Crippen LogP contribution is 2.23. The third-order valence-corrected chi connectivity index (χ3v) is 3.70. The maximum atomic E-state index is 11.9. The van der Waals surface area contributed by atoms with Crippen molar-refractivity contribution in [2.75, 3.05) is 19.5 Å². The van der Waals surface area contributed by atoms with Gasteiger partial charge in [0.15, 0.2) is 0 Å². The molecule has 0 aliphatic rings. The van der Waals surface area contributed by atoms with Crippen molar-refractivity contribution in [2.45, 2.75) is 6.92 Å². The van der Waals surface area contributed by atoms with Crippen LogP contribution in [0.15, 0.2) is 41.5 Å². The third kappa shape index (κ3) is 4.97. The Morgan fingerprint density at radius 3 is 2.54 bits per heavy atom. The average molecular weight is 376 g/mol. The molecular weight excluding hydrogens is 358 g/mol. The summed E-state index contributed by atoms with van der Waals surface area (Å²) >= 11 is 5.89. The van der Waals surface area contributed by atoms with Crippen molar-refractivity contribution in [3.8, 4) is 11.5 Å². The smallest absolute Gasteiger partial charge is 0.329 e. The monoisotopic (exact) mass is 375 g/mol. The number of hydrazone groups is 1. The molecule has 0 aliphatic carbocycles. The average Bonchev–Trinajstić information content (AvgIpc) is 2.64. The standard InChI is InChI=1S/C18H18ClN3O4/c1-11-4-6-13(19)8-15(11)21-17(23)18(24)22-20-10-12-5-7-14(25-2)9-16(12)26-3/h4-10H,1-3H3,(H,21,23)(H,22,24)/b20-10-. The number of carbonyl (C=O) groups is 2. The fourth-order valence-corrected chi connectivity index (χ4v) is 2.22. The molecule has 7 nitrogen and oxygen atoms in total. The number of carbonyl (C=O) groups excluding carboxylic acids is 2. The molecule has 0 bridgehead atoms. The van der Waals surface area contributed by atoms with Crippen LogP contribution in [0.2, 0.25) is 5.02 Å². The molecule has 2 amide bonds. The van der Waals surface area contributed by atoms with E-state index in [9.17, 15) is 9.59 Å². The number of nitrogens with zero attached hydrogens (tertiary/aromatic N) is 1. The number of benzene rings is 2. The molecule has 2 rings (SSSR count). The lowest BCUT2D eigenvalue weighted by molar-refractivity contribution is -0.136. The van der Waals surface area contributed by atoms with Crippen LogP contribution < -0.4 is 20.2 Å². The van der Waals surface area contributed by atoms with Gasteiger partial charge in [0.1, 0.15) is 11.5 Å². The zero-order valence-electron chi connectivity index (χ0n) is 14.5. The van der Waals surface area contributed by atoms with Crippen molar-refractivity contribution in [1.82, 2.24) is 5.43 Å². The predicted octanol–water partition coefficient (Wildman–Crippen LogP) is 2.75. The molecule has 2 aromatic rings. The Morgan fingerprint density at radius 2 is 1.85 bits per heavy atom. The van der Waals surface area contributed by atoms with E-state index in [-0.39, 0.29) is 0 Å².